The summed E-state index contributed by atoms with van der Waals surface area (Å²) in [6, 6.07) is 3.19. The molecule has 0 saturated carbocycles. The number of aliphatic hydroxyl groups excluding tert-OH is 2. The van der Waals surface area contributed by atoms with Crippen molar-refractivity contribution < 1.29 is 19.0 Å². The molecule has 0 aliphatic carbocycles. The van der Waals surface area contributed by atoms with E-state index in [0.29, 0.717) is 6.42 Å². The van der Waals surface area contributed by atoms with E-state index in [9.17, 15) is 19.0 Å². The molecule has 2 N–H and O–H groups in total. The molecule has 0 radical (unpaired) electrons. The third-order valence-corrected chi connectivity index (χ3v) is 2.47. The summed E-state index contributed by atoms with van der Waals surface area (Å²) in [6.45, 7) is 1.88. The van der Waals surface area contributed by atoms with Gasteiger partial charge in [-0.1, -0.05) is 19.4 Å². The highest BCUT2D eigenvalue weighted by molar-refractivity contribution is 5.19. The van der Waals surface area contributed by atoms with Gasteiger partial charge in [-0.15, -0.1) is 0 Å². The molecule has 0 spiro atoms. The summed E-state index contributed by atoms with van der Waals surface area (Å²) in [6.07, 6.45) is -0.684. The third kappa shape index (κ3) is 3.54. The van der Waals surface area contributed by atoms with E-state index in [1.165, 1.54) is 6.07 Å². The van der Waals surface area contributed by atoms with Gasteiger partial charge in [0.1, 0.15) is 11.6 Å². The van der Waals surface area contributed by atoms with Crippen LogP contribution in [0.2, 0.25) is 0 Å². The Morgan fingerprint density at radius 2 is 1.88 bits per heavy atom. The molecule has 2 atom stereocenters. The average Bonchev–Trinajstić information content (AvgIpc) is 2.22. The Morgan fingerprint density at radius 1 is 1.19 bits per heavy atom. The third-order valence-electron chi connectivity index (χ3n) is 2.47. The van der Waals surface area contributed by atoms with Crippen molar-refractivity contribution in [3.63, 3.8) is 0 Å². The van der Waals surface area contributed by atoms with E-state index in [1.807, 2.05) is 6.92 Å². The van der Waals surface area contributed by atoms with Crippen LogP contribution < -0.4 is 0 Å². The minimum atomic E-state index is -1.01. The van der Waals surface area contributed by atoms with Crippen LogP contribution in [-0.4, -0.2) is 22.4 Å². The van der Waals surface area contributed by atoms with Gasteiger partial charge in [-0.25, -0.2) is 8.78 Å². The standard InChI is InChI=1S/C12H16F2O2/c1-2-3-11(15)12(16)6-8-4-5-9(13)7-10(8)14/h4-5,7,11-12,15-16H,2-3,6H2,1H3. The van der Waals surface area contributed by atoms with Crippen LogP contribution in [0.25, 0.3) is 0 Å². The SMILES string of the molecule is CCCC(O)C(O)Cc1ccc(F)cc1F. The number of aliphatic hydroxyl groups is 2. The quantitative estimate of drug-likeness (QED) is 0.812. The molecule has 0 bridgehead atoms. The molecule has 0 aromatic heterocycles. The molecular weight excluding hydrogens is 214 g/mol. The predicted molar refractivity (Wildman–Crippen MR) is 57.0 cm³/mol. The van der Waals surface area contributed by atoms with E-state index in [0.717, 1.165) is 18.6 Å². The number of halogens is 2. The Labute approximate surface area is 93.5 Å². The van der Waals surface area contributed by atoms with E-state index >= 15 is 0 Å². The summed E-state index contributed by atoms with van der Waals surface area (Å²) < 4.78 is 25.8. The molecule has 1 rings (SSSR count). The molecule has 0 amide bonds. The van der Waals surface area contributed by atoms with Gasteiger partial charge in [0.2, 0.25) is 0 Å². The van der Waals surface area contributed by atoms with Gasteiger partial charge in [0, 0.05) is 12.5 Å². The van der Waals surface area contributed by atoms with Crippen LogP contribution in [0, 0.1) is 11.6 Å². The van der Waals surface area contributed by atoms with Crippen molar-refractivity contribution in [2.45, 2.75) is 38.4 Å². The summed E-state index contributed by atoms with van der Waals surface area (Å²) in [4.78, 5) is 0. The van der Waals surface area contributed by atoms with Crippen LogP contribution in [0.5, 0.6) is 0 Å². The van der Waals surface area contributed by atoms with Crippen molar-refractivity contribution >= 4 is 0 Å². The molecule has 16 heavy (non-hydrogen) atoms. The summed E-state index contributed by atoms with van der Waals surface area (Å²) in [5.41, 5.74) is 0.212. The fraction of sp³-hybridized carbons (Fsp3) is 0.500. The van der Waals surface area contributed by atoms with Gasteiger partial charge < -0.3 is 10.2 Å². The molecule has 2 nitrogen and oxygen atoms in total. The second-order valence-electron chi connectivity index (χ2n) is 3.86. The van der Waals surface area contributed by atoms with Gasteiger partial charge in [-0.3, -0.25) is 0 Å². The van der Waals surface area contributed by atoms with E-state index in [4.69, 9.17) is 0 Å². The molecule has 0 aliphatic heterocycles. The van der Waals surface area contributed by atoms with Gasteiger partial charge in [-0.2, -0.15) is 0 Å². The van der Waals surface area contributed by atoms with E-state index in [2.05, 4.69) is 0 Å². The van der Waals surface area contributed by atoms with Crippen molar-refractivity contribution in [1.29, 1.82) is 0 Å². The monoisotopic (exact) mass is 230 g/mol. The van der Waals surface area contributed by atoms with Gasteiger partial charge >= 0.3 is 0 Å². The maximum absolute atomic E-state index is 13.2. The van der Waals surface area contributed by atoms with Crippen LogP contribution in [-0.2, 0) is 6.42 Å². The lowest BCUT2D eigenvalue weighted by Crippen LogP contribution is -2.28. The molecular formula is C12H16F2O2. The first-order chi connectivity index (χ1) is 7.54. The molecule has 2 unspecified atom stereocenters. The van der Waals surface area contributed by atoms with Crippen LogP contribution in [0.4, 0.5) is 8.78 Å². The molecule has 90 valence electrons. The fourth-order valence-corrected chi connectivity index (χ4v) is 1.54. The van der Waals surface area contributed by atoms with Gasteiger partial charge in [0.25, 0.3) is 0 Å². The number of rotatable bonds is 5. The normalized spacial score (nSPS) is 14.8. The summed E-state index contributed by atoms with van der Waals surface area (Å²) >= 11 is 0. The Morgan fingerprint density at radius 3 is 2.44 bits per heavy atom. The molecule has 0 fully saturated rings. The minimum absolute atomic E-state index is 0.00667. The second kappa shape index (κ2) is 5.92. The predicted octanol–water partition coefficient (Wildman–Crippen LogP) is 2.03. The van der Waals surface area contributed by atoms with Crippen LogP contribution in [0.3, 0.4) is 0 Å². The maximum atomic E-state index is 13.2. The molecule has 4 heteroatoms. The Kier molecular flexibility index (Phi) is 4.83. The van der Waals surface area contributed by atoms with Crippen molar-refractivity contribution in [1.82, 2.24) is 0 Å². The zero-order valence-electron chi connectivity index (χ0n) is 9.16. The molecule has 0 saturated heterocycles. The molecule has 0 heterocycles. The van der Waals surface area contributed by atoms with Gasteiger partial charge in [-0.05, 0) is 18.1 Å². The van der Waals surface area contributed by atoms with Crippen molar-refractivity contribution in [3.8, 4) is 0 Å². The first kappa shape index (κ1) is 13.1. The highest BCUT2D eigenvalue weighted by Crippen LogP contribution is 2.14. The van der Waals surface area contributed by atoms with Crippen molar-refractivity contribution in [2.24, 2.45) is 0 Å². The first-order valence-corrected chi connectivity index (χ1v) is 5.34. The lowest BCUT2D eigenvalue weighted by atomic mass is 10.0. The smallest absolute Gasteiger partial charge is 0.129 e. The second-order valence-corrected chi connectivity index (χ2v) is 3.86. The fourth-order valence-electron chi connectivity index (χ4n) is 1.54. The van der Waals surface area contributed by atoms with E-state index < -0.39 is 23.8 Å². The number of benzene rings is 1. The van der Waals surface area contributed by atoms with Gasteiger partial charge in [0.05, 0.1) is 12.2 Å². The topological polar surface area (TPSA) is 40.5 Å². The lowest BCUT2D eigenvalue weighted by Gasteiger charge is -2.17. The number of hydrogen-bond donors (Lipinski definition) is 2. The van der Waals surface area contributed by atoms with E-state index in [-0.39, 0.29) is 12.0 Å². The maximum Gasteiger partial charge on any atom is 0.129 e. The van der Waals surface area contributed by atoms with E-state index in [1.54, 1.807) is 0 Å². The number of hydrogen-bond acceptors (Lipinski definition) is 2. The largest absolute Gasteiger partial charge is 0.390 e. The summed E-state index contributed by atoms with van der Waals surface area (Å²) in [5, 5.41) is 19.1. The molecule has 1 aromatic carbocycles. The van der Waals surface area contributed by atoms with Crippen LogP contribution in [0.1, 0.15) is 25.3 Å². The van der Waals surface area contributed by atoms with Crippen LogP contribution >= 0.6 is 0 Å². The van der Waals surface area contributed by atoms with Gasteiger partial charge in [0.15, 0.2) is 0 Å². The summed E-state index contributed by atoms with van der Waals surface area (Å²) in [5.74, 6) is -1.34. The molecule has 0 aliphatic rings. The van der Waals surface area contributed by atoms with Crippen molar-refractivity contribution in [3.05, 3.63) is 35.4 Å². The van der Waals surface area contributed by atoms with Crippen molar-refractivity contribution in [2.75, 3.05) is 0 Å². The zero-order chi connectivity index (χ0) is 12.1. The highest BCUT2D eigenvalue weighted by atomic mass is 19.1. The lowest BCUT2D eigenvalue weighted by molar-refractivity contribution is 0.0144. The summed E-state index contributed by atoms with van der Waals surface area (Å²) in [7, 11) is 0. The Hall–Kier alpha value is -1.00. The highest BCUT2D eigenvalue weighted by Gasteiger charge is 2.17. The first-order valence-electron chi connectivity index (χ1n) is 5.34. The zero-order valence-corrected chi connectivity index (χ0v) is 9.16. The van der Waals surface area contributed by atoms with Crippen LogP contribution in [0.15, 0.2) is 18.2 Å². The average molecular weight is 230 g/mol. The Bertz CT molecular complexity index is 342. The minimum Gasteiger partial charge on any atom is -0.390 e. The Balaban J connectivity index is 2.65. The molecule has 1 aromatic rings.